The molecular weight excluding hydrogens is 260 g/mol. The van der Waals surface area contributed by atoms with Crippen molar-refractivity contribution in [3.05, 3.63) is 11.3 Å². The first-order chi connectivity index (χ1) is 9.36. The smallest absolute Gasteiger partial charge is 0.189 e. The van der Waals surface area contributed by atoms with Crippen LogP contribution in [0.15, 0.2) is 5.16 Å². The van der Waals surface area contributed by atoms with Crippen molar-refractivity contribution in [2.75, 3.05) is 31.3 Å². The molecule has 2 aliphatic rings. The van der Waals surface area contributed by atoms with Crippen LogP contribution in [0, 0.1) is 0 Å². The minimum absolute atomic E-state index is 0.338. The van der Waals surface area contributed by atoms with Gasteiger partial charge in [-0.2, -0.15) is 0 Å². The van der Waals surface area contributed by atoms with E-state index in [0.29, 0.717) is 6.10 Å². The van der Waals surface area contributed by atoms with Gasteiger partial charge in [-0.1, -0.05) is 11.8 Å². The highest BCUT2D eigenvalue weighted by Gasteiger charge is 2.20. The summed E-state index contributed by atoms with van der Waals surface area (Å²) in [6.45, 7) is 3.60. The average molecular weight is 280 g/mol. The van der Waals surface area contributed by atoms with Crippen LogP contribution in [-0.2, 0) is 17.7 Å². The van der Waals surface area contributed by atoms with E-state index in [2.05, 4.69) is 20.6 Å². The lowest BCUT2D eigenvalue weighted by atomic mass is 10.1. The molecule has 0 radical (unpaired) electrons. The molecule has 0 bridgehead atoms. The molecule has 1 aromatic heterocycles. The normalized spacial score (nSPS) is 22.3. The average Bonchev–Trinajstić information content (AvgIpc) is 2.97. The Hall–Kier alpha value is -0.850. The monoisotopic (exact) mass is 280 g/mol. The Balaban J connectivity index is 1.77. The summed E-state index contributed by atoms with van der Waals surface area (Å²) in [7, 11) is 0. The van der Waals surface area contributed by atoms with Gasteiger partial charge in [0.25, 0.3) is 0 Å². The van der Waals surface area contributed by atoms with Gasteiger partial charge < -0.3 is 15.4 Å². The van der Waals surface area contributed by atoms with E-state index >= 15 is 0 Å². The summed E-state index contributed by atoms with van der Waals surface area (Å²) in [5.41, 5.74) is 2.41. The summed E-state index contributed by atoms with van der Waals surface area (Å²) < 4.78 is 5.65. The maximum absolute atomic E-state index is 5.65. The summed E-state index contributed by atoms with van der Waals surface area (Å²) in [4.78, 5) is 9.21. The van der Waals surface area contributed by atoms with Gasteiger partial charge in [0, 0.05) is 25.3 Å². The number of anilines is 1. The third-order valence-electron chi connectivity index (χ3n) is 3.62. The summed E-state index contributed by atoms with van der Waals surface area (Å²) in [5.74, 6) is 1.01. The molecule has 0 spiro atoms. The van der Waals surface area contributed by atoms with E-state index < -0.39 is 0 Å². The van der Waals surface area contributed by atoms with Gasteiger partial charge >= 0.3 is 0 Å². The fourth-order valence-corrected chi connectivity index (χ4v) is 2.97. The molecular formula is C13H20N4OS. The quantitative estimate of drug-likeness (QED) is 0.643. The number of rotatable bonds is 4. The molecule has 0 aliphatic carbocycles. The highest BCUT2D eigenvalue weighted by Crippen LogP contribution is 2.24. The Kier molecular flexibility index (Phi) is 4.20. The molecule has 1 aromatic rings. The van der Waals surface area contributed by atoms with E-state index in [1.165, 1.54) is 12.0 Å². The van der Waals surface area contributed by atoms with Crippen LogP contribution in [-0.4, -0.2) is 42.0 Å². The van der Waals surface area contributed by atoms with Crippen molar-refractivity contribution < 1.29 is 4.74 Å². The van der Waals surface area contributed by atoms with Crippen molar-refractivity contribution in [3.63, 3.8) is 0 Å². The van der Waals surface area contributed by atoms with E-state index in [-0.39, 0.29) is 0 Å². The van der Waals surface area contributed by atoms with Crippen molar-refractivity contribution in [2.45, 2.75) is 37.1 Å². The van der Waals surface area contributed by atoms with E-state index in [0.717, 1.165) is 55.8 Å². The van der Waals surface area contributed by atoms with Gasteiger partial charge in [-0.05, 0) is 32.1 Å². The van der Waals surface area contributed by atoms with Gasteiger partial charge in [-0.3, -0.25) is 0 Å². The topological polar surface area (TPSA) is 59.1 Å². The number of hydrogen-bond donors (Lipinski definition) is 2. The second-order valence-electron chi connectivity index (χ2n) is 4.93. The number of fused-ring (bicyclic) bond motifs is 1. The van der Waals surface area contributed by atoms with Crippen LogP contribution in [0.1, 0.15) is 24.1 Å². The first-order valence-corrected chi connectivity index (χ1v) is 8.09. The zero-order valence-electron chi connectivity index (χ0n) is 11.2. The van der Waals surface area contributed by atoms with Crippen molar-refractivity contribution in [1.82, 2.24) is 15.3 Å². The summed E-state index contributed by atoms with van der Waals surface area (Å²) in [5, 5.41) is 7.68. The molecule has 3 heterocycles. The molecule has 104 valence electrons. The summed E-state index contributed by atoms with van der Waals surface area (Å²) >= 11 is 1.59. The van der Waals surface area contributed by atoms with Crippen LogP contribution in [0.2, 0.25) is 0 Å². The lowest BCUT2D eigenvalue weighted by molar-refractivity contribution is 0.120. The molecule has 1 saturated heterocycles. The van der Waals surface area contributed by atoms with Gasteiger partial charge in [-0.15, -0.1) is 0 Å². The van der Waals surface area contributed by atoms with E-state index in [1.807, 2.05) is 6.26 Å². The van der Waals surface area contributed by atoms with Gasteiger partial charge in [-0.25, -0.2) is 9.97 Å². The van der Waals surface area contributed by atoms with Crippen LogP contribution in [0.4, 0.5) is 5.82 Å². The first kappa shape index (κ1) is 13.1. The van der Waals surface area contributed by atoms with Crippen molar-refractivity contribution in [3.8, 4) is 0 Å². The molecule has 19 heavy (non-hydrogen) atoms. The summed E-state index contributed by atoms with van der Waals surface area (Å²) in [6.07, 6.45) is 5.68. The number of thioether (sulfide) groups is 1. The van der Waals surface area contributed by atoms with E-state index in [1.54, 1.807) is 11.8 Å². The Morgan fingerprint density at radius 2 is 2.42 bits per heavy atom. The lowest BCUT2D eigenvalue weighted by Crippen LogP contribution is -2.28. The molecule has 0 amide bonds. The largest absolute Gasteiger partial charge is 0.376 e. The lowest BCUT2D eigenvalue weighted by Gasteiger charge is -2.21. The van der Waals surface area contributed by atoms with Crippen molar-refractivity contribution in [1.29, 1.82) is 0 Å². The zero-order valence-corrected chi connectivity index (χ0v) is 12.1. The standard InChI is InChI=1S/C13H20N4OS/c1-19-13-16-11-8-14-5-4-10(11)12(17-13)15-7-9-3-2-6-18-9/h9,14H,2-8H2,1H3,(H,15,16,17). The van der Waals surface area contributed by atoms with Gasteiger partial charge in [0.2, 0.25) is 0 Å². The van der Waals surface area contributed by atoms with E-state index in [9.17, 15) is 0 Å². The minimum atomic E-state index is 0.338. The predicted molar refractivity (Wildman–Crippen MR) is 76.7 cm³/mol. The molecule has 6 heteroatoms. The van der Waals surface area contributed by atoms with Crippen LogP contribution >= 0.6 is 11.8 Å². The maximum Gasteiger partial charge on any atom is 0.189 e. The second kappa shape index (κ2) is 6.07. The number of nitrogens with one attached hydrogen (secondary N) is 2. The maximum atomic E-state index is 5.65. The predicted octanol–water partition coefficient (Wildman–Crippen LogP) is 1.44. The summed E-state index contributed by atoms with van der Waals surface area (Å²) in [6, 6.07) is 0. The second-order valence-corrected chi connectivity index (χ2v) is 5.70. The molecule has 0 saturated carbocycles. The molecule has 0 aromatic carbocycles. The van der Waals surface area contributed by atoms with Crippen LogP contribution in [0.3, 0.4) is 0 Å². The molecule has 2 aliphatic heterocycles. The van der Waals surface area contributed by atoms with Gasteiger partial charge in [0.15, 0.2) is 5.16 Å². The fraction of sp³-hybridized carbons (Fsp3) is 0.692. The van der Waals surface area contributed by atoms with E-state index in [4.69, 9.17) is 4.74 Å². The number of ether oxygens (including phenoxy) is 1. The molecule has 5 nitrogen and oxygen atoms in total. The zero-order chi connectivity index (χ0) is 13.1. The van der Waals surface area contributed by atoms with Crippen LogP contribution in [0.5, 0.6) is 0 Å². The van der Waals surface area contributed by atoms with Crippen molar-refractivity contribution >= 4 is 17.6 Å². The molecule has 1 atom stereocenters. The molecule has 1 fully saturated rings. The van der Waals surface area contributed by atoms with Crippen molar-refractivity contribution in [2.24, 2.45) is 0 Å². The highest BCUT2D eigenvalue weighted by atomic mass is 32.2. The molecule has 1 unspecified atom stereocenters. The fourth-order valence-electron chi connectivity index (χ4n) is 2.59. The van der Waals surface area contributed by atoms with Gasteiger partial charge in [0.05, 0.1) is 11.8 Å². The molecule has 3 rings (SSSR count). The Morgan fingerprint density at radius 1 is 1.47 bits per heavy atom. The van der Waals surface area contributed by atoms with Gasteiger partial charge in [0.1, 0.15) is 5.82 Å². The van der Waals surface area contributed by atoms with Crippen LogP contribution < -0.4 is 10.6 Å². The Bertz CT molecular complexity index is 449. The Morgan fingerprint density at radius 3 is 3.21 bits per heavy atom. The SMILES string of the molecule is CSc1nc2c(c(NCC3CCCO3)n1)CCNC2. The number of nitrogens with zero attached hydrogens (tertiary/aromatic N) is 2. The Labute approximate surface area is 117 Å². The first-order valence-electron chi connectivity index (χ1n) is 6.87. The van der Waals surface area contributed by atoms with Crippen LogP contribution in [0.25, 0.3) is 0 Å². The third-order valence-corrected chi connectivity index (χ3v) is 4.17. The highest BCUT2D eigenvalue weighted by molar-refractivity contribution is 7.98. The number of aromatic nitrogens is 2. The minimum Gasteiger partial charge on any atom is -0.376 e. The number of hydrogen-bond acceptors (Lipinski definition) is 6. The molecule has 2 N–H and O–H groups in total. The third kappa shape index (κ3) is 3.01.